The Hall–Kier alpha value is -3.11. The molecule has 1 unspecified atom stereocenters. The number of pyridine rings is 2. The van der Waals surface area contributed by atoms with Crippen molar-refractivity contribution in [3.63, 3.8) is 0 Å². The third-order valence-electron chi connectivity index (χ3n) is 5.21. The van der Waals surface area contributed by atoms with Gasteiger partial charge in [0, 0.05) is 47.8 Å². The summed E-state index contributed by atoms with van der Waals surface area (Å²) in [6, 6.07) is 10.1. The highest BCUT2D eigenvalue weighted by Crippen LogP contribution is 2.25. The molecular formula is C20H20FN3O5S. The van der Waals surface area contributed by atoms with Gasteiger partial charge in [-0.15, -0.1) is 0 Å². The van der Waals surface area contributed by atoms with Crippen LogP contribution in [0.4, 0.5) is 4.39 Å². The number of fused-ring (bicyclic) bond motifs is 1. The molecular weight excluding hydrogens is 413 g/mol. The highest BCUT2D eigenvalue weighted by atomic mass is 32.2. The number of amides is 1. The number of carbonyl (C=O) groups is 1. The molecule has 3 rings (SSSR count). The number of nitrogens with zero attached hydrogens (tertiary/aromatic N) is 2. The molecule has 0 aliphatic heterocycles. The average Bonchev–Trinajstić information content (AvgIpc) is 2.71. The molecule has 0 saturated carbocycles. The van der Waals surface area contributed by atoms with Gasteiger partial charge in [-0.25, -0.2) is 18.3 Å². The van der Waals surface area contributed by atoms with E-state index in [1.54, 1.807) is 6.07 Å². The Morgan fingerprint density at radius 2 is 2.00 bits per heavy atom. The molecule has 0 spiro atoms. The monoisotopic (exact) mass is 433 g/mol. The molecule has 0 aliphatic rings. The molecule has 0 aliphatic carbocycles. The Kier molecular flexibility index (Phi) is 5.73. The predicted octanol–water partition coefficient (Wildman–Crippen LogP) is 1.90. The first-order chi connectivity index (χ1) is 14.1. The van der Waals surface area contributed by atoms with Crippen molar-refractivity contribution in [2.75, 3.05) is 6.26 Å². The van der Waals surface area contributed by atoms with E-state index in [4.69, 9.17) is 5.21 Å². The summed E-state index contributed by atoms with van der Waals surface area (Å²) in [6.45, 7) is 0.882. The zero-order valence-electron chi connectivity index (χ0n) is 16.3. The van der Waals surface area contributed by atoms with Gasteiger partial charge < -0.3 is 4.57 Å². The Labute approximate surface area is 171 Å². The quantitative estimate of drug-likeness (QED) is 0.453. The van der Waals surface area contributed by atoms with Crippen LogP contribution in [0.2, 0.25) is 0 Å². The van der Waals surface area contributed by atoms with Gasteiger partial charge in [-0.1, -0.05) is 18.2 Å². The van der Waals surface area contributed by atoms with Gasteiger partial charge in [0.05, 0.1) is 5.52 Å². The zero-order chi connectivity index (χ0) is 22.1. The Balaban J connectivity index is 1.94. The van der Waals surface area contributed by atoms with Crippen LogP contribution in [0.1, 0.15) is 13.3 Å². The SMILES string of the molecule is CC(CCn1cc(F)c(-c2cnc3ccccc3c2)cc1=O)(C(=O)NO)S(C)(=O)=O. The van der Waals surface area contributed by atoms with Gasteiger partial charge in [-0.05, 0) is 25.5 Å². The van der Waals surface area contributed by atoms with Crippen LogP contribution in [-0.4, -0.2) is 40.1 Å². The zero-order valence-corrected chi connectivity index (χ0v) is 17.1. The number of para-hydroxylation sites is 1. The summed E-state index contributed by atoms with van der Waals surface area (Å²) >= 11 is 0. The second kappa shape index (κ2) is 7.96. The van der Waals surface area contributed by atoms with Crippen LogP contribution in [0.15, 0.2) is 53.6 Å². The molecule has 0 fully saturated rings. The van der Waals surface area contributed by atoms with Gasteiger partial charge in [-0.2, -0.15) is 0 Å². The predicted molar refractivity (Wildman–Crippen MR) is 109 cm³/mol. The second-order valence-corrected chi connectivity index (χ2v) is 9.62. The summed E-state index contributed by atoms with van der Waals surface area (Å²) in [4.78, 5) is 28.7. The number of hydrogen-bond acceptors (Lipinski definition) is 6. The highest BCUT2D eigenvalue weighted by molar-refractivity contribution is 7.92. The van der Waals surface area contributed by atoms with Gasteiger partial charge in [0.15, 0.2) is 14.6 Å². The van der Waals surface area contributed by atoms with Gasteiger partial charge in [-0.3, -0.25) is 19.8 Å². The van der Waals surface area contributed by atoms with Crippen LogP contribution in [-0.2, 0) is 21.2 Å². The minimum absolute atomic E-state index is 0.0634. The fourth-order valence-corrected chi connectivity index (χ4v) is 3.92. The maximum absolute atomic E-state index is 14.8. The van der Waals surface area contributed by atoms with Crippen LogP contribution in [0.5, 0.6) is 0 Å². The number of hydrogen-bond donors (Lipinski definition) is 2. The van der Waals surface area contributed by atoms with E-state index in [0.29, 0.717) is 5.56 Å². The van der Waals surface area contributed by atoms with Crippen LogP contribution in [0, 0.1) is 5.82 Å². The molecule has 2 heterocycles. The van der Waals surface area contributed by atoms with E-state index in [-0.39, 0.29) is 18.5 Å². The van der Waals surface area contributed by atoms with E-state index in [9.17, 15) is 22.4 Å². The third kappa shape index (κ3) is 3.96. The number of halogens is 1. The van der Waals surface area contributed by atoms with Crippen molar-refractivity contribution >= 4 is 26.6 Å². The summed E-state index contributed by atoms with van der Waals surface area (Å²) in [5, 5.41) is 9.66. The van der Waals surface area contributed by atoms with Crippen LogP contribution in [0.25, 0.3) is 22.0 Å². The summed E-state index contributed by atoms with van der Waals surface area (Å²) in [6.07, 6.45) is 2.94. The number of rotatable bonds is 6. The highest BCUT2D eigenvalue weighted by Gasteiger charge is 2.43. The van der Waals surface area contributed by atoms with E-state index in [1.165, 1.54) is 11.7 Å². The first-order valence-corrected chi connectivity index (χ1v) is 10.9. The van der Waals surface area contributed by atoms with Crippen molar-refractivity contribution in [3.8, 4) is 11.1 Å². The van der Waals surface area contributed by atoms with Crippen molar-refractivity contribution in [2.45, 2.75) is 24.6 Å². The van der Waals surface area contributed by atoms with Crippen LogP contribution in [0.3, 0.4) is 0 Å². The molecule has 30 heavy (non-hydrogen) atoms. The van der Waals surface area contributed by atoms with Crippen LogP contribution < -0.4 is 11.0 Å². The Bertz CT molecular complexity index is 1290. The first-order valence-electron chi connectivity index (χ1n) is 8.96. The second-order valence-electron chi connectivity index (χ2n) is 7.18. The Morgan fingerprint density at radius 1 is 1.30 bits per heavy atom. The lowest BCUT2D eigenvalue weighted by molar-refractivity contribution is -0.131. The minimum atomic E-state index is -3.93. The number of aryl methyl sites for hydroxylation is 1. The fraction of sp³-hybridized carbons (Fsp3) is 0.250. The van der Waals surface area contributed by atoms with Crippen molar-refractivity contribution in [1.82, 2.24) is 15.0 Å². The largest absolute Gasteiger partial charge is 0.312 e. The van der Waals surface area contributed by atoms with E-state index >= 15 is 0 Å². The number of benzene rings is 1. The smallest absolute Gasteiger partial charge is 0.264 e. The van der Waals surface area contributed by atoms with E-state index in [1.807, 2.05) is 24.3 Å². The number of carbonyl (C=O) groups excluding carboxylic acids is 1. The molecule has 1 aromatic carbocycles. The van der Waals surface area contributed by atoms with Gasteiger partial charge in [0.25, 0.3) is 11.5 Å². The minimum Gasteiger partial charge on any atom is -0.312 e. The van der Waals surface area contributed by atoms with Crippen molar-refractivity contribution in [3.05, 3.63) is 65.0 Å². The maximum atomic E-state index is 14.8. The number of nitrogens with one attached hydrogen (secondary N) is 1. The van der Waals surface area contributed by atoms with E-state index in [2.05, 4.69) is 4.98 Å². The lowest BCUT2D eigenvalue weighted by Crippen LogP contribution is -2.50. The molecule has 0 radical (unpaired) electrons. The molecule has 1 amide bonds. The van der Waals surface area contributed by atoms with Crippen molar-refractivity contribution in [1.29, 1.82) is 0 Å². The molecule has 0 bridgehead atoms. The number of hydroxylamine groups is 1. The van der Waals surface area contributed by atoms with E-state index in [0.717, 1.165) is 40.9 Å². The van der Waals surface area contributed by atoms with Crippen LogP contribution >= 0.6 is 0 Å². The van der Waals surface area contributed by atoms with Gasteiger partial charge >= 0.3 is 0 Å². The number of sulfone groups is 1. The lowest BCUT2D eigenvalue weighted by Gasteiger charge is -2.25. The summed E-state index contributed by atoms with van der Waals surface area (Å²) in [5.74, 6) is -1.82. The normalized spacial score (nSPS) is 13.7. The molecule has 2 N–H and O–H groups in total. The van der Waals surface area contributed by atoms with Gasteiger partial charge in [0.1, 0.15) is 5.82 Å². The van der Waals surface area contributed by atoms with Crippen molar-refractivity contribution < 1.29 is 22.8 Å². The fourth-order valence-electron chi connectivity index (χ4n) is 3.08. The summed E-state index contributed by atoms with van der Waals surface area (Å²) in [7, 11) is -3.93. The molecule has 8 nitrogen and oxygen atoms in total. The van der Waals surface area contributed by atoms with Gasteiger partial charge in [0.2, 0.25) is 0 Å². The Morgan fingerprint density at radius 3 is 2.67 bits per heavy atom. The third-order valence-corrected chi connectivity index (χ3v) is 7.24. The lowest BCUT2D eigenvalue weighted by atomic mass is 10.0. The molecule has 3 aromatic rings. The number of aromatic nitrogens is 2. The molecule has 10 heteroatoms. The van der Waals surface area contributed by atoms with E-state index < -0.39 is 31.9 Å². The van der Waals surface area contributed by atoms with Crippen molar-refractivity contribution in [2.24, 2.45) is 0 Å². The standard InChI is InChI=1S/C20H20FN3O5S/c1-20(19(26)23-27,30(2,28)29)7-8-24-12-16(21)15(10-18(24)25)14-9-13-5-3-4-6-17(13)22-11-14/h3-6,9-12,27H,7-8H2,1-2H3,(H,23,26). The summed E-state index contributed by atoms with van der Waals surface area (Å²) in [5.41, 5.74) is 1.99. The molecule has 158 valence electrons. The molecule has 1 atom stereocenters. The maximum Gasteiger partial charge on any atom is 0.264 e. The topological polar surface area (TPSA) is 118 Å². The first kappa shape index (κ1) is 21.6. The summed E-state index contributed by atoms with van der Waals surface area (Å²) < 4.78 is 37.8. The molecule has 0 saturated heterocycles. The molecule has 2 aromatic heterocycles. The average molecular weight is 433 g/mol.